The molecule has 6 heteroatoms. The Labute approximate surface area is 116 Å². The molecular weight excluding hydrogens is 260 g/mol. The second-order valence-electron chi connectivity index (χ2n) is 4.20. The van der Waals surface area contributed by atoms with Gasteiger partial charge in [0.2, 0.25) is 5.91 Å². The fourth-order valence-electron chi connectivity index (χ4n) is 1.72. The molecule has 0 saturated carbocycles. The van der Waals surface area contributed by atoms with Crippen LogP contribution in [0.2, 0.25) is 0 Å². The molecule has 0 spiro atoms. The maximum absolute atomic E-state index is 11.4. The van der Waals surface area contributed by atoms with Gasteiger partial charge in [-0.25, -0.2) is 0 Å². The third-order valence-electron chi connectivity index (χ3n) is 2.66. The van der Waals surface area contributed by atoms with Gasteiger partial charge in [-0.3, -0.25) is 9.89 Å². The van der Waals surface area contributed by atoms with E-state index in [2.05, 4.69) is 26.9 Å². The van der Waals surface area contributed by atoms with Crippen LogP contribution in [0.3, 0.4) is 0 Å². The lowest BCUT2D eigenvalue weighted by molar-refractivity contribution is -0.120. The molecule has 0 unspecified atom stereocenters. The second-order valence-corrected chi connectivity index (χ2v) is 5.15. The van der Waals surface area contributed by atoms with Gasteiger partial charge in [0.25, 0.3) is 0 Å². The van der Waals surface area contributed by atoms with E-state index in [1.165, 1.54) is 0 Å². The molecule has 2 aromatic rings. The molecule has 2 rings (SSSR count). The van der Waals surface area contributed by atoms with Crippen LogP contribution in [0.4, 0.5) is 0 Å². The molecule has 0 fully saturated rings. The molecule has 3 N–H and O–H groups in total. The van der Waals surface area contributed by atoms with Crippen molar-refractivity contribution in [3.8, 4) is 10.6 Å². The maximum Gasteiger partial charge on any atom is 0.233 e. The summed E-state index contributed by atoms with van der Waals surface area (Å²) in [6.07, 6.45) is 2.75. The summed E-state index contributed by atoms with van der Waals surface area (Å²) in [6.45, 7) is 3.72. The van der Waals surface area contributed by atoms with E-state index in [0.29, 0.717) is 13.1 Å². The molecule has 0 atom stereocenters. The summed E-state index contributed by atoms with van der Waals surface area (Å²) < 4.78 is 0. The van der Waals surface area contributed by atoms with Gasteiger partial charge in [0.1, 0.15) is 0 Å². The Morgan fingerprint density at radius 1 is 1.53 bits per heavy atom. The van der Waals surface area contributed by atoms with Crippen LogP contribution < -0.4 is 10.6 Å². The standard InChI is InChI=1S/C13H18N4OS/c1-2-5-15-12(18)9-14-7-10-8-16-17-13(10)11-4-3-6-19-11/h3-4,6,8,14H,2,5,7,9H2,1H3,(H,15,18)(H,16,17). The number of aromatic amines is 1. The fourth-order valence-corrected chi connectivity index (χ4v) is 2.47. The summed E-state index contributed by atoms with van der Waals surface area (Å²) in [7, 11) is 0. The van der Waals surface area contributed by atoms with Crippen molar-refractivity contribution in [2.75, 3.05) is 13.1 Å². The number of carbonyl (C=O) groups excluding carboxylic acids is 1. The van der Waals surface area contributed by atoms with E-state index in [9.17, 15) is 4.79 Å². The highest BCUT2D eigenvalue weighted by atomic mass is 32.1. The Bertz CT molecular complexity index is 506. The minimum Gasteiger partial charge on any atom is -0.355 e. The van der Waals surface area contributed by atoms with Crippen LogP contribution in [0.25, 0.3) is 10.6 Å². The lowest BCUT2D eigenvalue weighted by Gasteiger charge is -2.05. The highest BCUT2D eigenvalue weighted by molar-refractivity contribution is 7.13. The second kappa shape index (κ2) is 7.06. The van der Waals surface area contributed by atoms with Crippen LogP contribution in [-0.2, 0) is 11.3 Å². The molecule has 0 bridgehead atoms. The Morgan fingerprint density at radius 3 is 3.16 bits per heavy atom. The number of hydrogen-bond donors (Lipinski definition) is 3. The molecule has 0 aromatic carbocycles. The van der Waals surface area contributed by atoms with E-state index in [1.54, 1.807) is 17.5 Å². The van der Waals surface area contributed by atoms with Crippen molar-refractivity contribution in [2.45, 2.75) is 19.9 Å². The number of nitrogens with zero attached hydrogens (tertiary/aromatic N) is 1. The minimum absolute atomic E-state index is 0.0306. The number of rotatable bonds is 7. The molecule has 2 aromatic heterocycles. The molecule has 19 heavy (non-hydrogen) atoms. The van der Waals surface area contributed by atoms with Crippen molar-refractivity contribution in [3.63, 3.8) is 0 Å². The van der Waals surface area contributed by atoms with Gasteiger partial charge >= 0.3 is 0 Å². The highest BCUT2D eigenvalue weighted by Crippen LogP contribution is 2.25. The van der Waals surface area contributed by atoms with Gasteiger partial charge < -0.3 is 10.6 Å². The first kappa shape index (κ1) is 13.8. The number of thiophene rings is 1. The van der Waals surface area contributed by atoms with Crippen LogP contribution in [0.1, 0.15) is 18.9 Å². The Kier molecular flexibility index (Phi) is 5.11. The van der Waals surface area contributed by atoms with E-state index in [-0.39, 0.29) is 5.91 Å². The summed E-state index contributed by atoms with van der Waals surface area (Å²) in [6, 6.07) is 4.06. The predicted molar refractivity (Wildman–Crippen MR) is 76.9 cm³/mol. The van der Waals surface area contributed by atoms with Crippen molar-refractivity contribution in [2.24, 2.45) is 0 Å². The smallest absolute Gasteiger partial charge is 0.233 e. The third-order valence-corrected chi connectivity index (χ3v) is 3.55. The lowest BCUT2D eigenvalue weighted by Crippen LogP contribution is -2.33. The number of aromatic nitrogens is 2. The van der Waals surface area contributed by atoms with Crippen LogP contribution in [0, 0.1) is 0 Å². The third kappa shape index (κ3) is 3.90. The molecule has 0 saturated heterocycles. The Morgan fingerprint density at radius 2 is 2.42 bits per heavy atom. The fraction of sp³-hybridized carbons (Fsp3) is 0.385. The monoisotopic (exact) mass is 278 g/mol. The summed E-state index contributed by atoms with van der Waals surface area (Å²) in [5.41, 5.74) is 2.10. The van der Waals surface area contributed by atoms with E-state index >= 15 is 0 Å². The summed E-state index contributed by atoms with van der Waals surface area (Å²) in [5, 5.41) is 15.1. The van der Waals surface area contributed by atoms with Gasteiger partial charge in [0.05, 0.1) is 23.3 Å². The lowest BCUT2D eigenvalue weighted by atomic mass is 10.2. The number of nitrogens with one attached hydrogen (secondary N) is 3. The van der Waals surface area contributed by atoms with E-state index in [1.807, 2.05) is 18.4 Å². The number of carbonyl (C=O) groups is 1. The molecule has 0 aliphatic carbocycles. The molecule has 0 aliphatic rings. The van der Waals surface area contributed by atoms with Gasteiger partial charge in [0, 0.05) is 18.7 Å². The largest absolute Gasteiger partial charge is 0.355 e. The van der Waals surface area contributed by atoms with E-state index < -0.39 is 0 Å². The van der Waals surface area contributed by atoms with Gasteiger partial charge in [-0.1, -0.05) is 13.0 Å². The molecular formula is C13H18N4OS. The molecule has 2 heterocycles. The Balaban J connectivity index is 1.84. The first-order valence-corrected chi connectivity index (χ1v) is 7.22. The number of amides is 1. The first-order valence-electron chi connectivity index (χ1n) is 6.34. The first-order chi connectivity index (χ1) is 9.31. The molecule has 0 aliphatic heterocycles. The minimum atomic E-state index is 0.0306. The summed E-state index contributed by atoms with van der Waals surface area (Å²) in [4.78, 5) is 12.6. The zero-order valence-electron chi connectivity index (χ0n) is 10.9. The SMILES string of the molecule is CCCNC(=O)CNCc1cn[nH]c1-c1cccs1. The van der Waals surface area contributed by atoms with Gasteiger partial charge in [-0.15, -0.1) is 11.3 Å². The van der Waals surface area contributed by atoms with Crippen molar-refractivity contribution in [1.82, 2.24) is 20.8 Å². The average Bonchev–Trinajstić information content (AvgIpc) is 3.06. The zero-order valence-corrected chi connectivity index (χ0v) is 11.7. The quantitative estimate of drug-likeness (QED) is 0.722. The maximum atomic E-state index is 11.4. The predicted octanol–water partition coefficient (Wildman–Crippen LogP) is 1.75. The summed E-state index contributed by atoms with van der Waals surface area (Å²) >= 11 is 1.67. The van der Waals surface area contributed by atoms with Gasteiger partial charge in [0.15, 0.2) is 0 Å². The van der Waals surface area contributed by atoms with Crippen LogP contribution in [-0.4, -0.2) is 29.2 Å². The number of hydrogen-bond acceptors (Lipinski definition) is 4. The molecule has 1 amide bonds. The van der Waals surface area contributed by atoms with Crippen LogP contribution >= 0.6 is 11.3 Å². The van der Waals surface area contributed by atoms with Crippen molar-refractivity contribution >= 4 is 17.2 Å². The summed E-state index contributed by atoms with van der Waals surface area (Å²) in [5.74, 6) is 0.0306. The average molecular weight is 278 g/mol. The molecule has 102 valence electrons. The van der Waals surface area contributed by atoms with Crippen LogP contribution in [0.5, 0.6) is 0 Å². The Hall–Kier alpha value is -1.66. The topological polar surface area (TPSA) is 69.8 Å². The van der Waals surface area contributed by atoms with Crippen molar-refractivity contribution in [1.29, 1.82) is 0 Å². The van der Waals surface area contributed by atoms with Crippen LogP contribution in [0.15, 0.2) is 23.7 Å². The van der Waals surface area contributed by atoms with E-state index in [0.717, 1.165) is 29.1 Å². The normalized spacial score (nSPS) is 10.6. The van der Waals surface area contributed by atoms with Gasteiger partial charge in [-0.2, -0.15) is 5.10 Å². The number of H-pyrrole nitrogens is 1. The zero-order chi connectivity index (χ0) is 13.5. The molecule has 0 radical (unpaired) electrons. The van der Waals surface area contributed by atoms with E-state index in [4.69, 9.17) is 0 Å². The molecule has 5 nitrogen and oxygen atoms in total. The van der Waals surface area contributed by atoms with Crippen molar-refractivity contribution < 1.29 is 4.79 Å². The van der Waals surface area contributed by atoms with Gasteiger partial charge in [-0.05, 0) is 17.9 Å². The highest BCUT2D eigenvalue weighted by Gasteiger charge is 2.08. The van der Waals surface area contributed by atoms with Crippen molar-refractivity contribution in [3.05, 3.63) is 29.3 Å².